The van der Waals surface area contributed by atoms with Crippen LogP contribution >= 0.6 is 11.6 Å². The Hall–Kier alpha value is -2.41. The monoisotopic (exact) mass is 296 g/mol. The number of esters is 1. The number of aromatic nitrogens is 1. The average molecular weight is 297 g/mol. The number of carbonyl (C=O) groups excluding carboxylic acids is 1. The van der Waals surface area contributed by atoms with Crippen LogP contribution in [0.4, 0.5) is 5.69 Å². The van der Waals surface area contributed by atoms with E-state index in [1.807, 2.05) is 0 Å². The molecule has 0 amide bonds. The zero-order valence-electron chi connectivity index (χ0n) is 10.3. The summed E-state index contributed by atoms with van der Waals surface area (Å²) in [6, 6.07) is 5.15. The Balaban J connectivity index is 2.07. The van der Waals surface area contributed by atoms with E-state index in [1.165, 1.54) is 12.1 Å². The predicted molar refractivity (Wildman–Crippen MR) is 68.5 cm³/mol. The standard InChI is InChI=1S/C12H9ClN2O5/c1-7-4-9(20-14-7)6-19-12(16)10-3-2-8(15(17)18)5-11(10)13/h2-5H,6H2,1H3. The number of halogens is 1. The van der Waals surface area contributed by atoms with Gasteiger partial charge in [-0.15, -0.1) is 0 Å². The van der Waals surface area contributed by atoms with Gasteiger partial charge in [-0.1, -0.05) is 16.8 Å². The van der Waals surface area contributed by atoms with Gasteiger partial charge in [-0.3, -0.25) is 10.1 Å². The molecule has 7 nitrogen and oxygen atoms in total. The highest BCUT2D eigenvalue weighted by Gasteiger charge is 2.16. The second-order valence-corrected chi connectivity index (χ2v) is 4.34. The Bertz CT molecular complexity index is 668. The maximum atomic E-state index is 11.8. The van der Waals surface area contributed by atoms with E-state index in [9.17, 15) is 14.9 Å². The summed E-state index contributed by atoms with van der Waals surface area (Å²) >= 11 is 5.81. The molecule has 20 heavy (non-hydrogen) atoms. The maximum Gasteiger partial charge on any atom is 0.340 e. The number of rotatable bonds is 4. The van der Waals surface area contributed by atoms with E-state index >= 15 is 0 Å². The molecule has 0 unspecified atom stereocenters. The summed E-state index contributed by atoms with van der Waals surface area (Å²) < 4.78 is 9.86. The van der Waals surface area contributed by atoms with E-state index in [2.05, 4.69) is 5.16 Å². The highest BCUT2D eigenvalue weighted by Crippen LogP contribution is 2.23. The van der Waals surface area contributed by atoms with Crippen molar-refractivity contribution in [2.45, 2.75) is 13.5 Å². The van der Waals surface area contributed by atoms with Crippen molar-refractivity contribution in [3.63, 3.8) is 0 Å². The van der Waals surface area contributed by atoms with Gasteiger partial charge in [0.2, 0.25) is 0 Å². The molecule has 2 aromatic rings. The second kappa shape index (κ2) is 5.70. The zero-order chi connectivity index (χ0) is 14.7. The van der Waals surface area contributed by atoms with Crippen LogP contribution < -0.4 is 0 Å². The number of hydrogen-bond donors (Lipinski definition) is 0. The third-order valence-electron chi connectivity index (χ3n) is 2.41. The van der Waals surface area contributed by atoms with Crippen molar-refractivity contribution in [1.82, 2.24) is 5.16 Å². The predicted octanol–water partition coefficient (Wildman–Crippen LogP) is 2.90. The first kappa shape index (κ1) is 14.0. The molecule has 0 saturated carbocycles. The molecule has 0 saturated heterocycles. The number of nitrogens with zero attached hydrogens (tertiary/aromatic N) is 2. The van der Waals surface area contributed by atoms with Gasteiger partial charge in [-0.2, -0.15) is 0 Å². The Kier molecular flexibility index (Phi) is 3.99. The average Bonchev–Trinajstić information content (AvgIpc) is 2.81. The van der Waals surface area contributed by atoms with Crippen LogP contribution in [0.25, 0.3) is 0 Å². The lowest BCUT2D eigenvalue weighted by Gasteiger charge is -2.04. The smallest absolute Gasteiger partial charge is 0.340 e. The van der Waals surface area contributed by atoms with Crippen LogP contribution in [0.1, 0.15) is 21.8 Å². The first-order valence-electron chi connectivity index (χ1n) is 5.50. The summed E-state index contributed by atoms with van der Waals surface area (Å²) in [6.07, 6.45) is 0. The van der Waals surface area contributed by atoms with Crippen molar-refractivity contribution in [2.24, 2.45) is 0 Å². The molecule has 104 valence electrons. The van der Waals surface area contributed by atoms with Gasteiger partial charge in [-0.25, -0.2) is 4.79 Å². The quantitative estimate of drug-likeness (QED) is 0.489. The summed E-state index contributed by atoms with van der Waals surface area (Å²) in [7, 11) is 0. The second-order valence-electron chi connectivity index (χ2n) is 3.93. The molecule has 8 heteroatoms. The van der Waals surface area contributed by atoms with E-state index in [1.54, 1.807) is 13.0 Å². The van der Waals surface area contributed by atoms with E-state index in [-0.39, 0.29) is 22.9 Å². The zero-order valence-corrected chi connectivity index (χ0v) is 11.1. The molecule has 1 aromatic heterocycles. The topological polar surface area (TPSA) is 95.5 Å². The highest BCUT2D eigenvalue weighted by molar-refractivity contribution is 6.33. The van der Waals surface area contributed by atoms with Gasteiger partial charge in [0.25, 0.3) is 5.69 Å². The first-order valence-corrected chi connectivity index (χ1v) is 5.88. The number of nitro benzene ring substituents is 1. The van der Waals surface area contributed by atoms with Crippen molar-refractivity contribution >= 4 is 23.3 Å². The number of carbonyl (C=O) groups is 1. The minimum atomic E-state index is -0.695. The molecular weight excluding hydrogens is 288 g/mol. The van der Waals surface area contributed by atoms with Gasteiger partial charge in [0, 0.05) is 18.2 Å². The Morgan fingerprint density at radius 1 is 1.50 bits per heavy atom. The third-order valence-corrected chi connectivity index (χ3v) is 2.72. The number of benzene rings is 1. The normalized spacial score (nSPS) is 10.3. The molecule has 0 atom stereocenters. The van der Waals surface area contributed by atoms with Gasteiger partial charge < -0.3 is 9.26 Å². The molecule has 0 bridgehead atoms. The van der Waals surface area contributed by atoms with Crippen LogP contribution in [0, 0.1) is 17.0 Å². The fourth-order valence-corrected chi connectivity index (χ4v) is 1.73. The summed E-state index contributed by atoms with van der Waals surface area (Å²) in [5.74, 6) is -0.298. The molecule has 1 aromatic carbocycles. The van der Waals surface area contributed by atoms with Gasteiger partial charge in [0.15, 0.2) is 12.4 Å². The van der Waals surface area contributed by atoms with Crippen molar-refractivity contribution in [3.8, 4) is 0 Å². The van der Waals surface area contributed by atoms with Gasteiger partial charge in [-0.05, 0) is 13.0 Å². The van der Waals surface area contributed by atoms with Gasteiger partial charge in [0.05, 0.1) is 21.2 Å². The number of hydrogen-bond acceptors (Lipinski definition) is 6. The van der Waals surface area contributed by atoms with E-state index in [0.717, 1.165) is 6.07 Å². The Morgan fingerprint density at radius 2 is 2.25 bits per heavy atom. The van der Waals surface area contributed by atoms with Crippen molar-refractivity contribution in [1.29, 1.82) is 0 Å². The molecule has 0 spiro atoms. The van der Waals surface area contributed by atoms with Crippen LogP contribution in [-0.2, 0) is 11.3 Å². The number of ether oxygens (including phenoxy) is 1. The fourth-order valence-electron chi connectivity index (χ4n) is 1.48. The minimum absolute atomic E-state index is 0.0436. The molecule has 2 rings (SSSR count). The van der Waals surface area contributed by atoms with E-state index in [4.69, 9.17) is 20.9 Å². The van der Waals surface area contributed by atoms with Gasteiger partial charge in [0.1, 0.15) is 0 Å². The third kappa shape index (κ3) is 3.12. The summed E-state index contributed by atoms with van der Waals surface area (Å²) in [5, 5.41) is 14.2. The molecule has 0 radical (unpaired) electrons. The molecule has 0 fully saturated rings. The summed E-state index contributed by atoms with van der Waals surface area (Å²) in [5.41, 5.74) is 0.523. The highest BCUT2D eigenvalue weighted by atomic mass is 35.5. The van der Waals surface area contributed by atoms with Crippen molar-refractivity contribution < 1.29 is 19.0 Å². The number of non-ortho nitro benzene ring substituents is 1. The lowest BCUT2D eigenvalue weighted by Crippen LogP contribution is -2.06. The van der Waals surface area contributed by atoms with Crippen LogP contribution in [0.3, 0.4) is 0 Å². The minimum Gasteiger partial charge on any atom is -0.454 e. The van der Waals surface area contributed by atoms with Gasteiger partial charge >= 0.3 is 5.97 Å². The fraction of sp³-hybridized carbons (Fsp3) is 0.167. The lowest BCUT2D eigenvalue weighted by molar-refractivity contribution is -0.384. The Labute approximate surface area is 118 Å². The molecule has 0 N–H and O–H groups in total. The molecular formula is C12H9ClN2O5. The van der Waals surface area contributed by atoms with Crippen LogP contribution in [-0.4, -0.2) is 16.0 Å². The Morgan fingerprint density at radius 3 is 2.80 bits per heavy atom. The molecule has 1 heterocycles. The van der Waals surface area contributed by atoms with Crippen molar-refractivity contribution in [3.05, 3.63) is 56.4 Å². The number of nitro groups is 1. The maximum absolute atomic E-state index is 11.8. The van der Waals surface area contributed by atoms with Crippen LogP contribution in [0.15, 0.2) is 28.8 Å². The summed E-state index contributed by atoms with van der Waals surface area (Å²) in [4.78, 5) is 21.7. The summed E-state index contributed by atoms with van der Waals surface area (Å²) in [6.45, 7) is 1.65. The van der Waals surface area contributed by atoms with Crippen LogP contribution in [0.2, 0.25) is 5.02 Å². The number of aryl methyl sites for hydroxylation is 1. The van der Waals surface area contributed by atoms with E-state index < -0.39 is 10.9 Å². The first-order chi connectivity index (χ1) is 9.47. The lowest BCUT2D eigenvalue weighted by atomic mass is 10.2. The molecule has 0 aliphatic heterocycles. The molecule has 0 aliphatic rings. The SMILES string of the molecule is Cc1cc(COC(=O)c2ccc([N+](=O)[O-])cc2Cl)on1. The largest absolute Gasteiger partial charge is 0.454 e. The van der Waals surface area contributed by atoms with Crippen LogP contribution in [0.5, 0.6) is 0 Å². The van der Waals surface area contributed by atoms with E-state index in [0.29, 0.717) is 11.5 Å². The molecule has 0 aliphatic carbocycles. The van der Waals surface area contributed by atoms with Crippen molar-refractivity contribution in [2.75, 3.05) is 0 Å².